The molecule has 65 heavy (non-hydrogen) atoms. The Bertz CT molecular complexity index is 2220. The van der Waals surface area contributed by atoms with Crippen LogP contribution in [-0.4, -0.2) is 143 Å². The molecule has 0 spiro atoms. The molecule has 23 nitrogen and oxygen atoms in total. The van der Waals surface area contributed by atoms with Crippen molar-refractivity contribution in [1.82, 2.24) is 30.5 Å². The van der Waals surface area contributed by atoms with Crippen LogP contribution in [0.1, 0.15) is 90.1 Å². The first kappa shape index (κ1) is 52.0. The average molecular weight is 936 g/mol. The number of ether oxygens (including phenoxy) is 2. The number of nitrogens with one attached hydrogen (secondary N) is 3. The molecule has 2 aliphatic rings. The van der Waals surface area contributed by atoms with Crippen LogP contribution >= 0.6 is 0 Å². The van der Waals surface area contributed by atoms with Crippen molar-refractivity contribution in [3.63, 3.8) is 0 Å². The number of carboxylic acids is 1. The molecule has 0 saturated carbocycles. The predicted octanol–water partition coefficient (Wildman–Crippen LogP) is -0.457. The number of carbonyl (C=O) groups is 7. The molecule has 0 bridgehead atoms. The lowest BCUT2D eigenvalue weighted by Crippen LogP contribution is -2.59. The van der Waals surface area contributed by atoms with Gasteiger partial charge in [0, 0.05) is 30.8 Å². The van der Waals surface area contributed by atoms with Crippen LogP contribution < -0.4 is 16.0 Å². The summed E-state index contributed by atoms with van der Waals surface area (Å²) in [5, 5.41) is 56.3. The van der Waals surface area contributed by atoms with Crippen LogP contribution in [-0.2, 0) is 72.7 Å². The van der Waals surface area contributed by atoms with E-state index in [2.05, 4.69) is 26.3 Å². The topological polar surface area (TPSA) is 343 Å². The van der Waals surface area contributed by atoms with E-state index < -0.39 is 117 Å². The van der Waals surface area contributed by atoms with Crippen LogP contribution in [0.5, 0.6) is 0 Å². The number of carbonyl (C=O) groups excluding carboxylic acids is 6. The van der Waals surface area contributed by atoms with Gasteiger partial charge in [-0.25, -0.2) is 4.79 Å². The van der Waals surface area contributed by atoms with Gasteiger partial charge in [0.15, 0.2) is 6.10 Å². The molecule has 2 aliphatic heterocycles. The Morgan fingerprint density at radius 2 is 1.60 bits per heavy atom. The highest BCUT2D eigenvalue weighted by Crippen LogP contribution is 2.29. The van der Waals surface area contributed by atoms with E-state index in [1.807, 2.05) is 0 Å². The van der Waals surface area contributed by atoms with Crippen molar-refractivity contribution in [2.75, 3.05) is 11.1 Å². The molecule has 0 unspecified atom stereocenters. The number of aryl methyl sites for hydroxylation is 2. The summed E-state index contributed by atoms with van der Waals surface area (Å²) in [6.45, 7) is 9.60. The van der Waals surface area contributed by atoms with Gasteiger partial charge < -0.3 is 45.9 Å². The lowest BCUT2D eigenvalue weighted by atomic mass is 9.91. The summed E-state index contributed by atoms with van der Waals surface area (Å²) in [5.41, 5.74) is 0.540. The van der Waals surface area contributed by atoms with Gasteiger partial charge in [-0.3, -0.25) is 42.9 Å². The third-order valence-electron chi connectivity index (χ3n) is 10.6. The molecule has 8 N–H and O–H groups in total. The zero-order chi connectivity index (χ0) is 48.6. The fourth-order valence-electron chi connectivity index (χ4n) is 6.91. The second kappa shape index (κ2) is 22.0. The van der Waals surface area contributed by atoms with Gasteiger partial charge in [-0.05, 0) is 82.6 Å². The molecule has 1 fully saturated rings. The highest BCUT2D eigenvalue weighted by molar-refractivity contribution is 7.85. The monoisotopic (exact) mass is 935 g/mol. The zero-order valence-corrected chi connectivity index (χ0v) is 37.6. The summed E-state index contributed by atoms with van der Waals surface area (Å²) in [4.78, 5) is 90.7. The van der Waals surface area contributed by atoms with Crippen LogP contribution in [0.2, 0.25) is 0 Å². The minimum absolute atomic E-state index is 0.00854. The first-order chi connectivity index (χ1) is 30.3. The van der Waals surface area contributed by atoms with Crippen molar-refractivity contribution in [3.8, 4) is 0 Å². The Morgan fingerprint density at radius 3 is 2.20 bits per heavy atom. The Hall–Kier alpha value is -5.66. The second-order valence-electron chi connectivity index (χ2n) is 17.2. The number of hydrogen-bond acceptors (Lipinski definition) is 16. The average Bonchev–Trinajstić information content (AvgIpc) is 3.82. The van der Waals surface area contributed by atoms with Crippen molar-refractivity contribution >= 4 is 57.3 Å². The van der Waals surface area contributed by atoms with E-state index in [1.165, 1.54) is 23.9 Å². The zero-order valence-electron chi connectivity index (χ0n) is 36.7. The number of hydrogen-bond donors (Lipinski definition) is 8. The maximum absolute atomic E-state index is 13.5. The second-order valence-corrected chi connectivity index (χ2v) is 18.8. The molecular formula is C41H57N7O16S. The van der Waals surface area contributed by atoms with E-state index in [-0.39, 0.29) is 56.6 Å². The number of benzene rings is 1. The molecule has 24 heteroatoms. The van der Waals surface area contributed by atoms with Gasteiger partial charge in [-0.1, -0.05) is 25.1 Å². The molecule has 3 heterocycles. The summed E-state index contributed by atoms with van der Waals surface area (Å²) in [6, 6.07) is 1.29. The smallest absolute Gasteiger partial charge is 0.335 e. The molecule has 8 atom stereocenters. The standard InChI is InChI=1S/C41H57N7O16S/c1-21(2)32(44-29(49)13-11-27(48-30(50)14-15-31(48)51)26-19-47(46-45-26)16-7-17-65(60,61)62)38(56)42-22(3)37(55)43-25-10-8-24(20-63-40(59)41(4,5)6)23(18-25)9-12-28-33(52)34(53)35(54)36(64-28)39(57)58/h8,10,14-15,18-19,21-22,27-28,32-36,52-54H,7,9,11-13,16-17,20H2,1-6H3,(H,42,56)(H,43,55)(H,44,49)(H,57,58)(H,60,61,62)/t22-,27-,28-,32-,33-,34+,35-,36-/m0/s1. The van der Waals surface area contributed by atoms with E-state index in [4.69, 9.17) is 14.0 Å². The van der Waals surface area contributed by atoms with Gasteiger partial charge in [-0.2, -0.15) is 8.42 Å². The molecule has 4 rings (SSSR count). The Kier molecular flexibility index (Phi) is 17.6. The first-order valence-corrected chi connectivity index (χ1v) is 22.4. The fourth-order valence-corrected chi connectivity index (χ4v) is 7.40. The summed E-state index contributed by atoms with van der Waals surface area (Å²) in [6.07, 6.45) is -5.28. The van der Waals surface area contributed by atoms with Crippen LogP contribution in [0.4, 0.5) is 5.69 Å². The first-order valence-electron chi connectivity index (χ1n) is 20.8. The van der Waals surface area contributed by atoms with Gasteiger partial charge in [0.25, 0.3) is 21.9 Å². The van der Waals surface area contributed by atoms with Crippen LogP contribution in [0.3, 0.4) is 0 Å². The summed E-state index contributed by atoms with van der Waals surface area (Å²) >= 11 is 0. The van der Waals surface area contributed by atoms with Gasteiger partial charge in [0.05, 0.1) is 29.5 Å². The Balaban J connectivity index is 1.42. The quantitative estimate of drug-likeness (QED) is 0.0446. The number of amides is 5. The molecule has 358 valence electrons. The summed E-state index contributed by atoms with van der Waals surface area (Å²) in [5.74, 6) is -6.38. The van der Waals surface area contributed by atoms with E-state index in [0.29, 0.717) is 11.1 Å². The van der Waals surface area contributed by atoms with E-state index in [0.717, 1.165) is 17.1 Å². The van der Waals surface area contributed by atoms with Gasteiger partial charge in [-0.15, -0.1) is 5.10 Å². The number of rotatable bonds is 21. The lowest BCUT2D eigenvalue weighted by Gasteiger charge is -2.39. The SMILES string of the molecule is CC(C)[C@H](NC(=O)CC[C@@H](c1cn(CCCS(=O)(=O)O)nn1)N1C(=O)C=CC1=O)C(=O)N[C@@H](C)C(=O)Nc1ccc(COC(=O)C(C)(C)C)c(CC[C@@H]2O[C@H](C(=O)O)[C@@H](O)[C@H](O)[C@H]2O)c1. The fraction of sp³-hybridized carbons (Fsp3) is 0.585. The van der Waals surface area contributed by atoms with Crippen molar-refractivity contribution in [1.29, 1.82) is 0 Å². The number of aromatic nitrogens is 3. The van der Waals surface area contributed by atoms with Crippen molar-refractivity contribution in [2.45, 2.75) is 135 Å². The third-order valence-corrected chi connectivity index (χ3v) is 11.4. The lowest BCUT2D eigenvalue weighted by molar-refractivity contribution is -0.228. The van der Waals surface area contributed by atoms with Crippen molar-refractivity contribution < 1.29 is 76.4 Å². The number of aliphatic carboxylic acids is 1. The van der Waals surface area contributed by atoms with Crippen LogP contribution in [0.15, 0.2) is 36.5 Å². The molecular weight excluding hydrogens is 879 g/mol. The maximum atomic E-state index is 13.5. The van der Waals surface area contributed by atoms with Gasteiger partial charge >= 0.3 is 11.9 Å². The van der Waals surface area contributed by atoms with Crippen LogP contribution in [0, 0.1) is 11.3 Å². The molecule has 0 radical (unpaired) electrons. The largest absolute Gasteiger partial charge is 0.479 e. The van der Waals surface area contributed by atoms with Crippen molar-refractivity contribution in [3.05, 3.63) is 53.4 Å². The van der Waals surface area contributed by atoms with Crippen molar-refractivity contribution in [2.24, 2.45) is 11.3 Å². The molecule has 1 aromatic carbocycles. The summed E-state index contributed by atoms with van der Waals surface area (Å²) in [7, 11) is -4.22. The van der Waals surface area contributed by atoms with E-state index >= 15 is 0 Å². The number of aliphatic hydroxyl groups excluding tert-OH is 3. The van der Waals surface area contributed by atoms with Crippen LogP contribution in [0.25, 0.3) is 0 Å². The molecule has 0 aliphatic carbocycles. The molecule has 1 saturated heterocycles. The number of imide groups is 1. The summed E-state index contributed by atoms with van der Waals surface area (Å²) < 4.78 is 43.4. The number of nitrogens with zero attached hydrogens (tertiary/aromatic N) is 4. The van der Waals surface area contributed by atoms with E-state index in [9.17, 15) is 62.4 Å². The number of esters is 1. The molecule has 2 aromatic rings. The minimum atomic E-state index is -4.22. The van der Waals surface area contributed by atoms with Gasteiger partial charge in [0.2, 0.25) is 17.7 Å². The maximum Gasteiger partial charge on any atom is 0.335 e. The number of anilines is 1. The van der Waals surface area contributed by atoms with E-state index in [1.54, 1.807) is 46.8 Å². The highest BCUT2D eigenvalue weighted by Gasteiger charge is 2.46. The van der Waals surface area contributed by atoms with Gasteiger partial charge in [0.1, 0.15) is 42.7 Å². The normalized spacial score (nSPS) is 21.5. The molecule has 1 aromatic heterocycles. The molecule has 5 amide bonds. The Labute approximate surface area is 374 Å². The number of carboxylic acid groups (broad SMARTS) is 1. The predicted molar refractivity (Wildman–Crippen MR) is 225 cm³/mol. The third kappa shape index (κ3) is 14.4. The Morgan fingerprint density at radius 1 is 0.938 bits per heavy atom. The highest BCUT2D eigenvalue weighted by atomic mass is 32.2. The minimum Gasteiger partial charge on any atom is -0.479 e. The number of aliphatic hydroxyl groups is 3.